The summed E-state index contributed by atoms with van der Waals surface area (Å²) in [7, 11) is 0. The minimum absolute atomic E-state index is 0.184. The zero-order valence-corrected chi connectivity index (χ0v) is 14.1. The molecule has 0 unspecified atom stereocenters. The van der Waals surface area contributed by atoms with Gasteiger partial charge >= 0.3 is 0 Å². The first kappa shape index (κ1) is 15.7. The van der Waals surface area contributed by atoms with Gasteiger partial charge in [0.2, 0.25) is 0 Å². The number of hydrogen-bond acceptors (Lipinski definition) is 3. The molecule has 25 heavy (non-hydrogen) atoms. The van der Waals surface area contributed by atoms with Crippen LogP contribution in [0.15, 0.2) is 64.6 Å². The van der Waals surface area contributed by atoms with Crippen molar-refractivity contribution >= 4 is 27.5 Å². The second kappa shape index (κ2) is 6.57. The Hall–Kier alpha value is -2.86. The number of nitrogens with one attached hydrogen (secondary N) is 1. The highest BCUT2D eigenvalue weighted by Crippen LogP contribution is 2.26. The lowest BCUT2D eigenvalue weighted by Crippen LogP contribution is -2.25. The van der Waals surface area contributed by atoms with Gasteiger partial charge in [-0.25, -0.2) is 4.39 Å². The average Bonchev–Trinajstić information content (AvgIpc) is 3.31. The molecule has 3 aromatic heterocycles. The van der Waals surface area contributed by atoms with E-state index in [-0.39, 0.29) is 11.7 Å². The Balaban J connectivity index is 1.64. The summed E-state index contributed by atoms with van der Waals surface area (Å²) in [5.41, 5.74) is 2.33. The van der Waals surface area contributed by atoms with Crippen LogP contribution >= 0.6 is 11.3 Å². The van der Waals surface area contributed by atoms with Gasteiger partial charge in [0, 0.05) is 6.54 Å². The Bertz CT molecular complexity index is 1020. The van der Waals surface area contributed by atoms with Crippen molar-refractivity contribution in [2.24, 2.45) is 0 Å². The number of rotatable bonds is 5. The van der Waals surface area contributed by atoms with Crippen LogP contribution in [0.4, 0.5) is 4.39 Å². The predicted octanol–water partition coefficient (Wildman–Crippen LogP) is 4.41. The van der Waals surface area contributed by atoms with Crippen LogP contribution in [0.1, 0.15) is 21.8 Å². The minimum Gasteiger partial charge on any atom is -0.467 e. The molecule has 4 aromatic rings. The molecule has 126 valence electrons. The Morgan fingerprint density at radius 2 is 2.12 bits per heavy atom. The predicted molar refractivity (Wildman–Crippen MR) is 95.2 cm³/mol. The zero-order valence-electron chi connectivity index (χ0n) is 13.2. The number of hydrogen-bond donors (Lipinski definition) is 1. The topological polar surface area (TPSA) is 47.2 Å². The van der Waals surface area contributed by atoms with Crippen molar-refractivity contribution in [3.63, 3.8) is 0 Å². The summed E-state index contributed by atoms with van der Waals surface area (Å²) < 4.78 is 21.7. The molecule has 0 atom stereocenters. The summed E-state index contributed by atoms with van der Waals surface area (Å²) in [6.45, 7) is 0.756. The highest BCUT2D eigenvalue weighted by Gasteiger charge is 2.17. The zero-order chi connectivity index (χ0) is 17.2. The second-order valence-corrected chi connectivity index (χ2v) is 6.63. The molecule has 3 heterocycles. The number of aromatic nitrogens is 1. The molecule has 0 aliphatic heterocycles. The van der Waals surface area contributed by atoms with Crippen LogP contribution in [0.25, 0.3) is 10.2 Å². The number of halogens is 1. The Morgan fingerprint density at radius 3 is 2.92 bits per heavy atom. The Labute approximate surface area is 147 Å². The fraction of sp³-hybridized carbons (Fsp3) is 0.105. The molecular weight excluding hydrogens is 339 g/mol. The first-order valence-electron chi connectivity index (χ1n) is 7.82. The number of nitrogens with zero attached hydrogens (tertiary/aromatic N) is 1. The van der Waals surface area contributed by atoms with Crippen molar-refractivity contribution in [2.75, 3.05) is 0 Å². The molecule has 4 nitrogen and oxygen atoms in total. The fourth-order valence-electron chi connectivity index (χ4n) is 2.82. The Kier molecular flexibility index (Phi) is 4.11. The maximum atomic E-state index is 13.5. The molecule has 0 saturated carbocycles. The maximum Gasteiger partial charge on any atom is 0.268 e. The van der Waals surface area contributed by atoms with Gasteiger partial charge in [0.15, 0.2) is 0 Å². The van der Waals surface area contributed by atoms with E-state index in [2.05, 4.69) is 5.32 Å². The quantitative estimate of drug-likeness (QED) is 0.577. The molecule has 0 radical (unpaired) electrons. The lowest BCUT2D eigenvalue weighted by atomic mass is 10.2. The van der Waals surface area contributed by atoms with Crippen molar-refractivity contribution in [3.8, 4) is 0 Å². The normalized spacial score (nSPS) is 11.1. The average molecular weight is 354 g/mol. The lowest BCUT2D eigenvalue weighted by molar-refractivity contribution is 0.0939. The largest absolute Gasteiger partial charge is 0.467 e. The molecular formula is C19H15FN2O2S. The molecule has 0 bridgehead atoms. The number of carbonyl (C=O) groups excluding carboxylic acids is 1. The number of amides is 1. The minimum atomic E-state index is -0.282. The van der Waals surface area contributed by atoms with Gasteiger partial charge in [0.05, 0.1) is 23.0 Å². The fourth-order valence-corrected chi connectivity index (χ4v) is 3.65. The molecule has 1 amide bonds. The molecule has 4 rings (SSSR count). The SMILES string of the molecule is O=C(NCc1ccco1)c1cc2sccc2n1Cc1cccc(F)c1. The van der Waals surface area contributed by atoms with Crippen molar-refractivity contribution in [1.29, 1.82) is 0 Å². The highest BCUT2D eigenvalue weighted by molar-refractivity contribution is 7.17. The summed E-state index contributed by atoms with van der Waals surface area (Å²) in [6, 6.07) is 13.9. The van der Waals surface area contributed by atoms with Crippen LogP contribution < -0.4 is 5.32 Å². The van der Waals surface area contributed by atoms with E-state index >= 15 is 0 Å². The van der Waals surface area contributed by atoms with Gasteiger partial charge in [-0.15, -0.1) is 11.3 Å². The van der Waals surface area contributed by atoms with Gasteiger partial charge in [-0.2, -0.15) is 0 Å². The van der Waals surface area contributed by atoms with Crippen molar-refractivity contribution < 1.29 is 13.6 Å². The number of fused-ring (bicyclic) bond motifs is 1. The summed E-state index contributed by atoms with van der Waals surface area (Å²) in [5.74, 6) is 0.227. The van der Waals surface area contributed by atoms with Crippen LogP contribution in [-0.4, -0.2) is 10.5 Å². The number of benzene rings is 1. The number of thiophene rings is 1. The van der Waals surface area contributed by atoms with E-state index in [9.17, 15) is 9.18 Å². The smallest absolute Gasteiger partial charge is 0.268 e. The van der Waals surface area contributed by atoms with Crippen molar-refractivity contribution in [1.82, 2.24) is 9.88 Å². The number of furan rings is 1. The van der Waals surface area contributed by atoms with Gasteiger partial charge in [-0.1, -0.05) is 12.1 Å². The van der Waals surface area contributed by atoms with E-state index in [1.54, 1.807) is 29.7 Å². The summed E-state index contributed by atoms with van der Waals surface area (Å²) in [5, 5.41) is 4.85. The lowest BCUT2D eigenvalue weighted by Gasteiger charge is -2.11. The first-order chi connectivity index (χ1) is 12.2. The van der Waals surface area contributed by atoms with Gasteiger partial charge in [-0.3, -0.25) is 4.79 Å². The third-order valence-corrected chi connectivity index (χ3v) is 4.84. The summed E-state index contributed by atoms with van der Waals surface area (Å²) in [6.07, 6.45) is 1.57. The molecule has 6 heteroatoms. The Morgan fingerprint density at radius 1 is 1.20 bits per heavy atom. The van der Waals surface area contributed by atoms with Gasteiger partial charge < -0.3 is 14.3 Å². The maximum absolute atomic E-state index is 13.5. The second-order valence-electron chi connectivity index (χ2n) is 5.68. The molecule has 0 aliphatic carbocycles. The van der Waals surface area contributed by atoms with Gasteiger partial charge in [-0.05, 0) is 47.3 Å². The first-order valence-corrected chi connectivity index (χ1v) is 8.70. The van der Waals surface area contributed by atoms with Gasteiger partial charge in [0.1, 0.15) is 17.3 Å². The van der Waals surface area contributed by atoms with Crippen molar-refractivity contribution in [2.45, 2.75) is 13.1 Å². The van der Waals surface area contributed by atoms with Crippen LogP contribution in [0, 0.1) is 5.82 Å². The van der Waals surface area contributed by atoms with E-state index in [0.717, 1.165) is 15.8 Å². The van der Waals surface area contributed by atoms with E-state index in [0.29, 0.717) is 24.5 Å². The van der Waals surface area contributed by atoms with Crippen molar-refractivity contribution in [3.05, 3.63) is 83.0 Å². The molecule has 1 aromatic carbocycles. The molecule has 1 N–H and O–H groups in total. The summed E-state index contributed by atoms with van der Waals surface area (Å²) in [4.78, 5) is 12.6. The van der Waals surface area contributed by atoms with Gasteiger partial charge in [0.25, 0.3) is 5.91 Å². The third kappa shape index (κ3) is 3.21. The molecule has 0 saturated heterocycles. The van der Waals surface area contributed by atoms with Crippen LogP contribution in [0.5, 0.6) is 0 Å². The molecule has 0 spiro atoms. The van der Waals surface area contributed by atoms with Crippen LogP contribution in [0.3, 0.4) is 0 Å². The van der Waals surface area contributed by atoms with Crippen LogP contribution in [-0.2, 0) is 13.1 Å². The summed E-state index contributed by atoms with van der Waals surface area (Å²) >= 11 is 1.58. The highest BCUT2D eigenvalue weighted by atomic mass is 32.1. The van der Waals surface area contributed by atoms with E-state index in [4.69, 9.17) is 4.42 Å². The standard InChI is InChI=1S/C19H15FN2O2S/c20-14-4-1-3-13(9-14)12-22-16-6-8-25-18(16)10-17(22)19(23)21-11-15-5-2-7-24-15/h1-10H,11-12H2,(H,21,23). The van der Waals surface area contributed by atoms with Crippen LogP contribution in [0.2, 0.25) is 0 Å². The van der Waals surface area contributed by atoms with E-state index < -0.39 is 0 Å². The third-order valence-electron chi connectivity index (χ3n) is 3.99. The van der Waals surface area contributed by atoms with E-state index in [1.807, 2.05) is 34.2 Å². The monoisotopic (exact) mass is 354 g/mol. The van der Waals surface area contributed by atoms with E-state index in [1.165, 1.54) is 12.1 Å². The number of carbonyl (C=O) groups is 1. The molecule has 0 fully saturated rings. The molecule has 0 aliphatic rings.